The van der Waals surface area contributed by atoms with Crippen LogP contribution in [0.5, 0.6) is 0 Å². The molecule has 0 fully saturated rings. The summed E-state index contributed by atoms with van der Waals surface area (Å²) in [7, 11) is 0. The van der Waals surface area contributed by atoms with Crippen molar-refractivity contribution in [1.29, 1.82) is 0 Å². The summed E-state index contributed by atoms with van der Waals surface area (Å²) in [6.45, 7) is 8.37. The molecule has 152 valence electrons. The molecule has 3 rings (SSSR count). The van der Waals surface area contributed by atoms with E-state index in [0.29, 0.717) is 22.2 Å². The van der Waals surface area contributed by atoms with E-state index in [2.05, 4.69) is 18.8 Å². The number of ether oxygens (including phenoxy) is 1. The molecule has 0 spiro atoms. The normalized spacial score (nSPS) is 12.0. The van der Waals surface area contributed by atoms with Crippen molar-refractivity contribution in [3.8, 4) is 0 Å². The van der Waals surface area contributed by atoms with Gasteiger partial charge >= 0.3 is 5.97 Å². The second-order valence-corrected chi connectivity index (χ2v) is 9.51. The molecular formula is C22H24N2O3S2. The number of fused-ring (bicyclic) bond motifs is 1. The second-order valence-electron chi connectivity index (χ2n) is 6.85. The summed E-state index contributed by atoms with van der Waals surface area (Å²) in [4.78, 5) is 30.8. The molecule has 0 saturated carbocycles. The third-order valence-corrected chi connectivity index (χ3v) is 6.16. The Labute approximate surface area is 178 Å². The summed E-state index contributed by atoms with van der Waals surface area (Å²) >= 11 is 3.14. The molecule has 0 atom stereocenters. The van der Waals surface area contributed by atoms with Crippen LogP contribution in [0.15, 0.2) is 52.4 Å². The molecule has 0 aliphatic rings. The first-order chi connectivity index (χ1) is 13.9. The van der Waals surface area contributed by atoms with Crippen molar-refractivity contribution in [1.82, 2.24) is 4.57 Å². The van der Waals surface area contributed by atoms with Crippen molar-refractivity contribution in [2.45, 2.75) is 44.4 Å². The van der Waals surface area contributed by atoms with Crippen LogP contribution in [0.2, 0.25) is 0 Å². The van der Waals surface area contributed by atoms with E-state index in [-0.39, 0.29) is 18.4 Å². The Morgan fingerprint density at radius 1 is 1.17 bits per heavy atom. The van der Waals surface area contributed by atoms with Gasteiger partial charge in [0.05, 0.1) is 16.8 Å². The fourth-order valence-corrected chi connectivity index (χ4v) is 4.82. The van der Waals surface area contributed by atoms with Crippen molar-refractivity contribution >= 4 is 45.2 Å². The minimum atomic E-state index is -0.350. The summed E-state index contributed by atoms with van der Waals surface area (Å²) in [6, 6.07) is 13.4. The minimum absolute atomic E-state index is 0.0208. The minimum Gasteiger partial charge on any atom is -0.465 e. The van der Waals surface area contributed by atoms with Crippen LogP contribution in [0.1, 0.15) is 36.7 Å². The molecule has 0 N–H and O–H groups in total. The number of amides is 1. The van der Waals surface area contributed by atoms with Gasteiger partial charge in [0, 0.05) is 15.7 Å². The van der Waals surface area contributed by atoms with Crippen LogP contribution >= 0.6 is 23.1 Å². The highest BCUT2D eigenvalue weighted by atomic mass is 32.2. The number of carbonyl (C=O) groups excluding carboxylic acids is 2. The number of hydrogen-bond acceptors (Lipinski definition) is 5. The maximum Gasteiger partial charge on any atom is 0.326 e. The SMILES string of the molecule is CCOC(=O)Cn1c(=NC(=O)c2ccc(SC(C)C)cc2)sc2cc(C)ccc21. The maximum absolute atomic E-state index is 12.8. The molecule has 1 heterocycles. The van der Waals surface area contributed by atoms with E-state index >= 15 is 0 Å². The van der Waals surface area contributed by atoms with E-state index in [9.17, 15) is 9.59 Å². The quantitative estimate of drug-likeness (QED) is 0.417. The molecule has 1 amide bonds. The summed E-state index contributed by atoms with van der Waals surface area (Å²) in [5.74, 6) is -0.677. The van der Waals surface area contributed by atoms with Crippen LogP contribution in [0.25, 0.3) is 10.2 Å². The first kappa shape index (κ1) is 21.3. The van der Waals surface area contributed by atoms with Gasteiger partial charge < -0.3 is 9.30 Å². The average molecular weight is 429 g/mol. The van der Waals surface area contributed by atoms with Gasteiger partial charge in [-0.1, -0.05) is 31.3 Å². The molecule has 0 radical (unpaired) electrons. The molecule has 29 heavy (non-hydrogen) atoms. The lowest BCUT2D eigenvalue weighted by Gasteiger charge is -2.06. The van der Waals surface area contributed by atoms with Gasteiger partial charge in [-0.3, -0.25) is 9.59 Å². The zero-order valence-corrected chi connectivity index (χ0v) is 18.6. The molecule has 1 aromatic heterocycles. The number of carbonyl (C=O) groups is 2. The first-order valence-electron chi connectivity index (χ1n) is 9.48. The molecule has 0 unspecified atom stereocenters. The zero-order valence-electron chi connectivity index (χ0n) is 17.0. The average Bonchev–Trinajstić information content (AvgIpc) is 2.98. The van der Waals surface area contributed by atoms with Crippen LogP contribution < -0.4 is 4.80 Å². The Balaban J connectivity index is 1.99. The van der Waals surface area contributed by atoms with Gasteiger partial charge in [-0.2, -0.15) is 4.99 Å². The standard InChI is InChI=1S/C22H24N2O3S2/c1-5-27-20(25)13-24-18-11-6-15(4)12-19(18)29-22(24)23-21(26)16-7-9-17(10-8-16)28-14(2)3/h6-12,14H,5,13H2,1-4H3. The molecule has 0 saturated heterocycles. The molecular weight excluding hydrogens is 404 g/mol. The van der Waals surface area contributed by atoms with Crippen molar-refractivity contribution in [2.75, 3.05) is 6.61 Å². The summed E-state index contributed by atoms with van der Waals surface area (Å²) < 4.78 is 7.82. The number of aromatic nitrogens is 1. The summed E-state index contributed by atoms with van der Waals surface area (Å²) in [5, 5.41) is 0.477. The lowest BCUT2D eigenvalue weighted by molar-refractivity contribution is -0.143. The van der Waals surface area contributed by atoms with Crippen LogP contribution in [0, 0.1) is 6.92 Å². The van der Waals surface area contributed by atoms with E-state index in [4.69, 9.17) is 4.74 Å². The van der Waals surface area contributed by atoms with Gasteiger partial charge in [0.25, 0.3) is 5.91 Å². The predicted octanol–water partition coefficient (Wildman–Crippen LogP) is 4.82. The number of hydrogen-bond donors (Lipinski definition) is 0. The highest BCUT2D eigenvalue weighted by molar-refractivity contribution is 7.99. The predicted molar refractivity (Wildman–Crippen MR) is 119 cm³/mol. The number of thioether (sulfide) groups is 1. The van der Waals surface area contributed by atoms with Gasteiger partial charge in [0.1, 0.15) is 6.54 Å². The number of benzene rings is 2. The van der Waals surface area contributed by atoms with Gasteiger partial charge in [-0.05, 0) is 55.8 Å². The topological polar surface area (TPSA) is 60.7 Å². The highest BCUT2D eigenvalue weighted by Crippen LogP contribution is 2.23. The summed E-state index contributed by atoms with van der Waals surface area (Å²) in [6.07, 6.45) is 0. The first-order valence-corrected chi connectivity index (χ1v) is 11.2. The smallest absolute Gasteiger partial charge is 0.326 e. The Morgan fingerprint density at radius 3 is 2.55 bits per heavy atom. The number of aryl methyl sites for hydroxylation is 1. The maximum atomic E-state index is 12.8. The monoisotopic (exact) mass is 428 g/mol. The summed E-state index contributed by atoms with van der Waals surface area (Å²) in [5.41, 5.74) is 2.50. The molecule has 0 bridgehead atoms. The van der Waals surface area contributed by atoms with Gasteiger partial charge in [-0.25, -0.2) is 0 Å². The third kappa shape index (κ3) is 5.36. The van der Waals surface area contributed by atoms with Crippen LogP contribution in [0.3, 0.4) is 0 Å². The molecule has 3 aromatic rings. The Hall–Kier alpha value is -2.38. The van der Waals surface area contributed by atoms with Crippen molar-refractivity contribution in [3.05, 3.63) is 58.4 Å². The highest BCUT2D eigenvalue weighted by Gasteiger charge is 2.13. The lowest BCUT2D eigenvalue weighted by Crippen LogP contribution is -2.23. The van der Waals surface area contributed by atoms with Gasteiger partial charge in [-0.15, -0.1) is 11.8 Å². The van der Waals surface area contributed by atoms with Gasteiger partial charge in [0.15, 0.2) is 4.80 Å². The van der Waals surface area contributed by atoms with E-state index in [1.54, 1.807) is 35.4 Å². The Bertz CT molecular complexity index is 1100. The second kappa shape index (κ2) is 9.41. The molecule has 0 aliphatic heterocycles. The van der Waals surface area contributed by atoms with Crippen molar-refractivity contribution in [3.63, 3.8) is 0 Å². The van der Waals surface area contributed by atoms with E-state index in [0.717, 1.165) is 20.7 Å². The molecule has 0 aliphatic carbocycles. The fourth-order valence-electron chi connectivity index (χ4n) is 2.85. The number of thiazole rings is 1. The lowest BCUT2D eigenvalue weighted by atomic mass is 10.2. The van der Waals surface area contributed by atoms with E-state index < -0.39 is 0 Å². The molecule has 5 nitrogen and oxygen atoms in total. The fraction of sp³-hybridized carbons (Fsp3) is 0.318. The Kier molecular flexibility index (Phi) is 6.92. The number of nitrogens with zero attached hydrogens (tertiary/aromatic N) is 2. The van der Waals surface area contributed by atoms with E-state index in [1.165, 1.54) is 11.3 Å². The van der Waals surface area contributed by atoms with Crippen LogP contribution in [-0.2, 0) is 16.1 Å². The van der Waals surface area contributed by atoms with Crippen molar-refractivity contribution in [2.24, 2.45) is 4.99 Å². The van der Waals surface area contributed by atoms with Crippen molar-refractivity contribution < 1.29 is 14.3 Å². The van der Waals surface area contributed by atoms with E-state index in [1.807, 2.05) is 37.3 Å². The van der Waals surface area contributed by atoms with Crippen LogP contribution in [0.4, 0.5) is 0 Å². The van der Waals surface area contributed by atoms with Crippen LogP contribution in [-0.4, -0.2) is 28.3 Å². The van der Waals surface area contributed by atoms with Gasteiger partial charge in [0.2, 0.25) is 0 Å². The molecule has 7 heteroatoms. The zero-order chi connectivity index (χ0) is 21.0. The largest absolute Gasteiger partial charge is 0.465 e. The molecule has 2 aromatic carbocycles. The number of esters is 1. The Morgan fingerprint density at radius 2 is 1.90 bits per heavy atom. The third-order valence-electron chi connectivity index (χ3n) is 4.10. The number of rotatable bonds is 6.